The quantitative estimate of drug-likeness (QED) is 0.0527. The molecule has 0 saturated carbocycles. The van der Waals surface area contributed by atoms with Crippen molar-refractivity contribution in [2.45, 2.75) is 9.79 Å². The van der Waals surface area contributed by atoms with Gasteiger partial charge in [-0.2, -0.15) is 8.42 Å². The third kappa shape index (κ3) is 7.31. The van der Waals surface area contributed by atoms with Crippen LogP contribution in [0.25, 0.3) is 11.1 Å². The molecule has 0 unspecified atom stereocenters. The van der Waals surface area contributed by atoms with Crippen molar-refractivity contribution in [3.63, 3.8) is 0 Å². The summed E-state index contributed by atoms with van der Waals surface area (Å²) >= 11 is 0.831. The standard InChI is InChI=1S/C36H28O6P2S2/c37-41-42-45-31-21-23-35(43(27-13-5-1-6-14-27)28-15-7-2-8-16-28)33(25-31)34-26-32(46(38,39)40)22-24-36(34)44(29-17-9-3-10-18-29)30-19-11-4-12-20-30/h1-26,37H,(H,38,39,40). The molecule has 0 radical (unpaired) electrons. The summed E-state index contributed by atoms with van der Waals surface area (Å²) in [5, 5.41) is 19.1. The Labute approximate surface area is 275 Å². The van der Waals surface area contributed by atoms with Crippen molar-refractivity contribution in [3.8, 4) is 11.1 Å². The number of rotatable bonds is 11. The highest BCUT2D eigenvalue weighted by atomic mass is 32.2. The van der Waals surface area contributed by atoms with Crippen LogP contribution in [0.5, 0.6) is 0 Å². The van der Waals surface area contributed by atoms with E-state index in [2.05, 4.69) is 53.6 Å². The predicted molar refractivity (Wildman–Crippen MR) is 190 cm³/mol. The lowest BCUT2D eigenvalue weighted by atomic mass is 10.1. The largest absolute Gasteiger partial charge is 0.294 e. The lowest BCUT2D eigenvalue weighted by molar-refractivity contribution is -0.432. The van der Waals surface area contributed by atoms with Gasteiger partial charge in [0.2, 0.25) is 0 Å². The van der Waals surface area contributed by atoms with E-state index in [9.17, 15) is 13.0 Å². The van der Waals surface area contributed by atoms with E-state index < -0.39 is 26.0 Å². The Kier molecular flexibility index (Phi) is 10.4. The molecule has 230 valence electrons. The fourth-order valence-corrected chi connectivity index (χ4v) is 11.1. The zero-order chi connectivity index (χ0) is 31.9. The second-order valence-electron chi connectivity index (χ2n) is 10.1. The Hall–Kier alpha value is -3.68. The van der Waals surface area contributed by atoms with Crippen LogP contribution in [0.3, 0.4) is 0 Å². The molecule has 0 aliphatic rings. The third-order valence-corrected chi connectivity index (χ3v) is 13.7. The molecule has 2 N–H and O–H groups in total. The minimum Gasteiger partial charge on any atom is -0.282 e. The second kappa shape index (κ2) is 14.8. The molecule has 0 fully saturated rings. The molecule has 0 bridgehead atoms. The average molecular weight is 683 g/mol. The summed E-state index contributed by atoms with van der Waals surface area (Å²) in [7, 11) is -6.84. The molecular weight excluding hydrogens is 654 g/mol. The Balaban J connectivity index is 1.69. The maximum absolute atomic E-state index is 12.6. The summed E-state index contributed by atoms with van der Waals surface area (Å²) in [6.45, 7) is 0. The smallest absolute Gasteiger partial charge is 0.282 e. The fraction of sp³-hybridized carbons (Fsp3) is 0. The van der Waals surface area contributed by atoms with Crippen molar-refractivity contribution in [3.05, 3.63) is 158 Å². The van der Waals surface area contributed by atoms with Gasteiger partial charge in [0.1, 0.15) is 0 Å². The molecule has 0 aliphatic carbocycles. The fourth-order valence-electron chi connectivity index (χ4n) is 5.28. The van der Waals surface area contributed by atoms with Gasteiger partial charge >= 0.3 is 0 Å². The minimum absolute atomic E-state index is 0.204. The molecule has 0 spiro atoms. The van der Waals surface area contributed by atoms with Crippen molar-refractivity contribution in [2.24, 2.45) is 0 Å². The first-order chi connectivity index (χ1) is 22.4. The first kappa shape index (κ1) is 32.3. The van der Waals surface area contributed by atoms with Crippen LogP contribution < -0.4 is 31.8 Å². The van der Waals surface area contributed by atoms with E-state index in [4.69, 9.17) is 9.59 Å². The second-order valence-corrected chi connectivity index (χ2v) is 16.6. The highest BCUT2D eigenvalue weighted by Gasteiger charge is 2.27. The maximum Gasteiger partial charge on any atom is 0.294 e. The Morgan fingerprint density at radius 1 is 0.522 bits per heavy atom. The van der Waals surface area contributed by atoms with Crippen LogP contribution in [-0.2, 0) is 19.5 Å². The molecule has 0 heterocycles. The van der Waals surface area contributed by atoms with Crippen LogP contribution in [-0.4, -0.2) is 18.2 Å². The molecule has 0 saturated heterocycles. The van der Waals surface area contributed by atoms with Crippen molar-refractivity contribution < 1.29 is 27.6 Å². The number of hydrogen-bond donors (Lipinski definition) is 2. The van der Waals surface area contributed by atoms with Gasteiger partial charge in [0.25, 0.3) is 10.1 Å². The summed E-state index contributed by atoms with van der Waals surface area (Å²) in [6.07, 6.45) is 0. The molecule has 0 aliphatic heterocycles. The maximum atomic E-state index is 12.6. The Bertz CT molecular complexity index is 1940. The molecule has 0 atom stereocenters. The first-order valence-corrected chi connectivity index (χ1v) is 19.0. The lowest BCUT2D eigenvalue weighted by Gasteiger charge is -2.27. The molecule has 6 nitrogen and oxygen atoms in total. The summed E-state index contributed by atoms with van der Waals surface area (Å²) in [5.41, 5.74) is 1.43. The Morgan fingerprint density at radius 2 is 0.913 bits per heavy atom. The van der Waals surface area contributed by atoms with Crippen LogP contribution in [0, 0.1) is 0 Å². The summed E-state index contributed by atoms with van der Waals surface area (Å²) in [5.74, 6) is 0. The van der Waals surface area contributed by atoms with E-state index in [1.165, 1.54) is 6.07 Å². The van der Waals surface area contributed by atoms with E-state index >= 15 is 0 Å². The van der Waals surface area contributed by atoms with Gasteiger partial charge in [0.05, 0.1) is 16.9 Å². The van der Waals surface area contributed by atoms with Crippen molar-refractivity contribution in [1.29, 1.82) is 0 Å². The zero-order valence-corrected chi connectivity index (χ0v) is 27.7. The highest BCUT2D eigenvalue weighted by Crippen LogP contribution is 2.42. The monoisotopic (exact) mass is 682 g/mol. The van der Waals surface area contributed by atoms with E-state index in [0.717, 1.165) is 49.4 Å². The minimum atomic E-state index is -4.54. The van der Waals surface area contributed by atoms with Crippen LogP contribution in [0.15, 0.2) is 168 Å². The van der Waals surface area contributed by atoms with Crippen LogP contribution in [0.1, 0.15) is 0 Å². The first-order valence-electron chi connectivity index (χ1n) is 14.2. The van der Waals surface area contributed by atoms with Gasteiger partial charge in [0.15, 0.2) is 0 Å². The van der Waals surface area contributed by atoms with Gasteiger partial charge in [-0.05, 0) is 83.1 Å². The van der Waals surface area contributed by atoms with E-state index in [-0.39, 0.29) is 4.90 Å². The molecule has 10 heteroatoms. The summed E-state index contributed by atoms with van der Waals surface area (Å²) in [4.78, 5) is 0.417. The van der Waals surface area contributed by atoms with E-state index in [1.54, 1.807) is 6.07 Å². The zero-order valence-electron chi connectivity index (χ0n) is 24.2. The van der Waals surface area contributed by atoms with Gasteiger partial charge in [0, 0.05) is 4.90 Å². The van der Waals surface area contributed by atoms with Crippen molar-refractivity contribution >= 4 is 69.8 Å². The summed E-state index contributed by atoms with van der Waals surface area (Å²) in [6, 6.07) is 51.3. The predicted octanol–water partition coefficient (Wildman–Crippen LogP) is 6.55. The van der Waals surface area contributed by atoms with Gasteiger partial charge in [-0.15, -0.1) is 4.33 Å². The molecule has 6 rings (SSSR count). The van der Waals surface area contributed by atoms with Crippen molar-refractivity contribution in [2.75, 3.05) is 0 Å². The van der Waals surface area contributed by atoms with Gasteiger partial charge < -0.3 is 0 Å². The van der Waals surface area contributed by atoms with E-state index in [1.807, 2.05) is 97.1 Å². The molecule has 0 aromatic heterocycles. The normalized spacial score (nSPS) is 11.7. The van der Waals surface area contributed by atoms with Crippen molar-refractivity contribution in [1.82, 2.24) is 0 Å². The summed E-state index contributed by atoms with van der Waals surface area (Å²) < 4.78 is 40.3. The highest BCUT2D eigenvalue weighted by molar-refractivity contribution is 7.94. The lowest BCUT2D eigenvalue weighted by Crippen LogP contribution is -2.26. The molecule has 6 aromatic rings. The molecule has 0 amide bonds. The van der Waals surface area contributed by atoms with Gasteiger partial charge in [-0.1, -0.05) is 138 Å². The topological polar surface area (TPSA) is 93.1 Å². The van der Waals surface area contributed by atoms with E-state index in [0.29, 0.717) is 10.5 Å². The third-order valence-electron chi connectivity index (χ3n) is 7.22. The van der Waals surface area contributed by atoms with Crippen LogP contribution >= 0.6 is 27.9 Å². The SMILES string of the molecule is O=S(=O)(O)c1ccc(P(c2ccccc2)c2ccccc2)c(-c2cc(SOOO)ccc2P(c2ccccc2)c2ccccc2)c1. The number of benzene rings is 6. The van der Waals surface area contributed by atoms with Gasteiger partial charge in [-0.3, -0.25) is 4.55 Å². The number of hydrogen-bond acceptors (Lipinski definition) is 6. The molecule has 6 aromatic carbocycles. The molecular formula is C36H28O6P2S2. The Morgan fingerprint density at radius 3 is 1.30 bits per heavy atom. The average Bonchev–Trinajstić information content (AvgIpc) is 3.09. The van der Waals surface area contributed by atoms with Crippen LogP contribution in [0.2, 0.25) is 0 Å². The van der Waals surface area contributed by atoms with Gasteiger partial charge in [-0.25, -0.2) is 5.26 Å². The molecule has 46 heavy (non-hydrogen) atoms. The van der Waals surface area contributed by atoms with Crippen LogP contribution in [0.4, 0.5) is 0 Å².